The largest absolute Gasteiger partial charge is 0.387 e. The molecule has 1 aliphatic heterocycles. The Balaban J connectivity index is 1.36. The van der Waals surface area contributed by atoms with Gasteiger partial charge in [-0.1, -0.05) is 5.92 Å². The van der Waals surface area contributed by atoms with Gasteiger partial charge in [0.2, 0.25) is 5.82 Å². The number of nitrogen functional groups attached to an aromatic ring is 1. The predicted octanol–water partition coefficient (Wildman–Crippen LogP) is -1.29. The Morgan fingerprint density at radius 3 is 2.71 bits per heavy atom. The number of amides is 3. The van der Waals surface area contributed by atoms with E-state index in [2.05, 4.69) is 37.4 Å². The molecule has 6 N–H and O–H groups in total. The fourth-order valence-electron chi connectivity index (χ4n) is 4.00. The highest BCUT2D eigenvalue weighted by Crippen LogP contribution is 2.33. The molecular weight excluding hydrogens is 456 g/mol. The summed E-state index contributed by atoms with van der Waals surface area (Å²) < 4.78 is 7.13. The molecule has 1 saturated heterocycles. The number of nitrogens with zero attached hydrogens (tertiary/aromatic N) is 5. The number of aliphatic hydroxyl groups is 2. The fourth-order valence-corrected chi connectivity index (χ4v) is 4.00. The molecule has 2 aromatic heterocycles. The number of urea groups is 1. The summed E-state index contributed by atoms with van der Waals surface area (Å²) in [6.45, 7) is 0.836. The van der Waals surface area contributed by atoms with E-state index in [1.165, 1.54) is 10.9 Å². The Morgan fingerprint density at radius 1 is 1.26 bits per heavy atom. The highest BCUT2D eigenvalue weighted by molar-refractivity contribution is 5.83. The van der Waals surface area contributed by atoms with Crippen LogP contribution < -0.4 is 16.4 Å². The third kappa shape index (κ3) is 4.86. The first-order valence-electron chi connectivity index (χ1n) is 11.6. The van der Waals surface area contributed by atoms with E-state index in [9.17, 15) is 19.8 Å². The van der Waals surface area contributed by atoms with Gasteiger partial charge in [0.15, 0.2) is 23.8 Å². The second-order valence-electron chi connectivity index (χ2n) is 9.15. The zero-order valence-corrected chi connectivity index (χ0v) is 19.2. The Morgan fingerprint density at radius 2 is 2.03 bits per heavy atom. The fraction of sp³-hybridized carbons (Fsp3) is 0.591. The van der Waals surface area contributed by atoms with E-state index in [0.717, 1.165) is 25.7 Å². The molecule has 13 heteroatoms. The molecule has 4 atom stereocenters. The molecule has 2 aromatic rings. The summed E-state index contributed by atoms with van der Waals surface area (Å²) in [5.41, 5.74) is 6.57. The SMILES string of the molecule is CNC(=O)N(CC#Cc1nc(N)c2ncn([C@@H]3O[C@H](C(=O)NC4CC4)C(O)[C@@H]3O)c2n1)CC1CC1. The number of fused-ring (bicyclic) bond motifs is 1. The van der Waals surface area contributed by atoms with E-state index in [0.29, 0.717) is 12.5 Å². The minimum atomic E-state index is -1.42. The van der Waals surface area contributed by atoms with Gasteiger partial charge in [0.25, 0.3) is 5.91 Å². The van der Waals surface area contributed by atoms with Crippen molar-refractivity contribution in [2.75, 3.05) is 25.9 Å². The van der Waals surface area contributed by atoms with Gasteiger partial charge in [-0.05, 0) is 37.5 Å². The number of aromatic nitrogens is 4. The molecule has 3 aliphatic rings. The van der Waals surface area contributed by atoms with E-state index >= 15 is 0 Å². The molecule has 0 spiro atoms. The van der Waals surface area contributed by atoms with E-state index in [1.54, 1.807) is 11.9 Å². The number of nitrogens with two attached hydrogens (primary N) is 1. The molecule has 35 heavy (non-hydrogen) atoms. The molecule has 3 heterocycles. The zero-order valence-electron chi connectivity index (χ0n) is 19.2. The third-order valence-electron chi connectivity index (χ3n) is 6.29. The lowest BCUT2D eigenvalue weighted by Gasteiger charge is -2.19. The van der Waals surface area contributed by atoms with Crippen molar-refractivity contribution in [1.82, 2.24) is 35.1 Å². The zero-order chi connectivity index (χ0) is 24.7. The summed E-state index contributed by atoms with van der Waals surface area (Å²) in [6.07, 6.45) is 0.187. The molecular formula is C22H28N8O5. The van der Waals surface area contributed by atoms with Crippen LogP contribution in [0.1, 0.15) is 37.7 Å². The van der Waals surface area contributed by atoms with Crippen LogP contribution in [0.25, 0.3) is 11.2 Å². The number of carbonyl (C=O) groups is 2. The second kappa shape index (κ2) is 9.29. The van der Waals surface area contributed by atoms with Crippen LogP contribution in [0.4, 0.5) is 10.6 Å². The second-order valence-corrected chi connectivity index (χ2v) is 9.15. The lowest BCUT2D eigenvalue weighted by atomic mass is 10.1. The van der Waals surface area contributed by atoms with Gasteiger partial charge in [0.05, 0.1) is 12.9 Å². The summed E-state index contributed by atoms with van der Waals surface area (Å²) in [5.74, 6) is 5.97. The molecule has 0 bridgehead atoms. The summed E-state index contributed by atoms with van der Waals surface area (Å²) in [4.78, 5) is 38.9. The monoisotopic (exact) mass is 484 g/mol. The van der Waals surface area contributed by atoms with Crippen LogP contribution in [0.5, 0.6) is 0 Å². The first kappa shape index (κ1) is 23.3. The smallest absolute Gasteiger partial charge is 0.317 e. The van der Waals surface area contributed by atoms with Crippen molar-refractivity contribution < 1.29 is 24.5 Å². The topological polar surface area (TPSA) is 181 Å². The Hall–Kier alpha value is -3.47. The molecule has 186 valence electrons. The van der Waals surface area contributed by atoms with Crippen molar-refractivity contribution in [1.29, 1.82) is 0 Å². The van der Waals surface area contributed by atoms with Crippen molar-refractivity contribution in [3.8, 4) is 11.8 Å². The quantitative estimate of drug-likeness (QED) is 0.312. The van der Waals surface area contributed by atoms with Gasteiger partial charge in [-0.3, -0.25) is 9.36 Å². The van der Waals surface area contributed by atoms with Crippen LogP contribution in [-0.4, -0.2) is 91.1 Å². The van der Waals surface area contributed by atoms with Crippen LogP contribution in [0.15, 0.2) is 6.33 Å². The number of anilines is 1. The molecule has 1 unspecified atom stereocenters. The van der Waals surface area contributed by atoms with Gasteiger partial charge in [-0.25, -0.2) is 19.7 Å². The molecule has 2 saturated carbocycles. The molecule has 5 rings (SSSR count). The number of imidazole rings is 1. The maximum Gasteiger partial charge on any atom is 0.317 e. The summed E-state index contributed by atoms with van der Waals surface area (Å²) >= 11 is 0. The maximum atomic E-state index is 12.4. The van der Waals surface area contributed by atoms with E-state index in [-0.39, 0.29) is 41.4 Å². The molecule has 3 amide bonds. The first-order valence-corrected chi connectivity index (χ1v) is 11.6. The third-order valence-corrected chi connectivity index (χ3v) is 6.29. The minimum absolute atomic E-state index is 0.0789. The number of aliphatic hydroxyl groups excluding tert-OH is 2. The van der Waals surface area contributed by atoms with E-state index < -0.39 is 30.4 Å². The number of hydrogen-bond donors (Lipinski definition) is 5. The normalized spacial score (nSPS) is 25.7. The lowest BCUT2D eigenvalue weighted by molar-refractivity contribution is -0.137. The van der Waals surface area contributed by atoms with Gasteiger partial charge < -0.3 is 36.2 Å². The van der Waals surface area contributed by atoms with E-state index in [1.807, 2.05) is 0 Å². The van der Waals surface area contributed by atoms with Crippen LogP contribution >= 0.6 is 0 Å². The van der Waals surface area contributed by atoms with Crippen molar-refractivity contribution >= 4 is 28.9 Å². The Labute approximate surface area is 201 Å². The summed E-state index contributed by atoms with van der Waals surface area (Å²) in [5, 5.41) is 26.4. The van der Waals surface area contributed by atoms with Crippen molar-refractivity contribution in [3.05, 3.63) is 12.2 Å². The van der Waals surface area contributed by atoms with Crippen LogP contribution in [0.2, 0.25) is 0 Å². The van der Waals surface area contributed by atoms with Crippen LogP contribution in [0, 0.1) is 17.8 Å². The Kier molecular flexibility index (Phi) is 6.18. The first-order chi connectivity index (χ1) is 16.9. The number of carbonyl (C=O) groups excluding carboxylic acids is 2. The number of rotatable bonds is 6. The van der Waals surface area contributed by atoms with Gasteiger partial charge in [-0.15, -0.1) is 0 Å². The maximum absolute atomic E-state index is 12.4. The molecule has 0 radical (unpaired) electrons. The molecule has 13 nitrogen and oxygen atoms in total. The highest BCUT2D eigenvalue weighted by atomic mass is 16.6. The van der Waals surface area contributed by atoms with Crippen molar-refractivity contribution in [2.24, 2.45) is 5.92 Å². The van der Waals surface area contributed by atoms with Crippen molar-refractivity contribution in [3.63, 3.8) is 0 Å². The van der Waals surface area contributed by atoms with Crippen molar-refractivity contribution in [2.45, 2.75) is 56.3 Å². The molecule has 3 fully saturated rings. The summed E-state index contributed by atoms with van der Waals surface area (Å²) in [6, 6.07) is -0.118. The van der Waals surface area contributed by atoms with E-state index in [4.69, 9.17) is 10.5 Å². The number of nitrogens with one attached hydrogen (secondary N) is 2. The Bertz CT molecular complexity index is 1200. The average molecular weight is 485 g/mol. The van der Waals surface area contributed by atoms with Crippen LogP contribution in [0.3, 0.4) is 0 Å². The van der Waals surface area contributed by atoms with Gasteiger partial charge in [0, 0.05) is 19.6 Å². The average Bonchev–Trinajstić information content (AvgIpc) is 3.76. The highest BCUT2D eigenvalue weighted by Gasteiger charge is 2.48. The number of hydrogen-bond acceptors (Lipinski definition) is 9. The standard InChI is InChI=1S/C22H28N8O5/c1-24-22(34)29(9-11-4-5-11)8-2-3-13-27-18(23)14-19(28-13)30(10-25-14)21-16(32)15(31)17(35-21)20(33)26-12-6-7-12/h10-12,15-17,21,31-32H,4-9H2,1H3,(H,24,34)(H,26,33)(H2,23,27,28)/t15?,16-,17-,21+/m0/s1. The predicted molar refractivity (Wildman–Crippen MR) is 122 cm³/mol. The molecule has 0 aromatic carbocycles. The van der Waals surface area contributed by atoms with Gasteiger partial charge in [-0.2, -0.15) is 0 Å². The van der Waals surface area contributed by atoms with Gasteiger partial charge >= 0.3 is 6.03 Å². The lowest BCUT2D eigenvalue weighted by Crippen LogP contribution is -2.43. The summed E-state index contributed by atoms with van der Waals surface area (Å²) in [7, 11) is 1.57. The minimum Gasteiger partial charge on any atom is -0.387 e. The molecule has 2 aliphatic carbocycles. The van der Waals surface area contributed by atoms with Crippen LogP contribution in [-0.2, 0) is 9.53 Å². The number of ether oxygens (including phenoxy) is 1. The van der Waals surface area contributed by atoms with Gasteiger partial charge in [0.1, 0.15) is 17.7 Å².